The lowest BCUT2D eigenvalue weighted by Crippen LogP contribution is -2.21. The van der Waals surface area contributed by atoms with Crippen LogP contribution in [0.2, 0.25) is 0 Å². The first-order valence-electron chi connectivity index (χ1n) is 8.01. The zero-order valence-electron chi connectivity index (χ0n) is 13.1. The molecule has 1 aliphatic carbocycles. The average molecular weight is 389 g/mol. The molecule has 3 nitrogen and oxygen atoms in total. The van der Waals surface area contributed by atoms with Crippen LogP contribution in [0.25, 0.3) is 0 Å². The first-order chi connectivity index (χ1) is 11.7. The highest BCUT2D eigenvalue weighted by Gasteiger charge is 2.22. The lowest BCUT2D eigenvalue weighted by molar-refractivity contribution is 0.193. The van der Waals surface area contributed by atoms with Crippen LogP contribution in [-0.4, -0.2) is 12.6 Å². The van der Waals surface area contributed by atoms with E-state index in [4.69, 9.17) is 4.74 Å². The zero-order chi connectivity index (χ0) is 16.9. The molecule has 1 N–H and O–H groups in total. The largest absolute Gasteiger partial charge is 0.484 e. The zero-order valence-corrected chi connectivity index (χ0v) is 14.7. The molecule has 24 heavy (non-hydrogen) atoms. The van der Waals surface area contributed by atoms with Gasteiger partial charge in [0.15, 0.2) is 0 Å². The van der Waals surface area contributed by atoms with E-state index in [9.17, 15) is 9.65 Å². The van der Waals surface area contributed by atoms with Gasteiger partial charge in [-0.05, 0) is 53.0 Å². The lowest BCUT2D eigenvalue weighted by Gasteiger charge is -2.21. The van der Waals surface area contributed by atoms with Gasteiger partial charge in [-0.15, -0.1) is 0 Å². The number of hydrogen-bond acceptors (Lipinski definition) is 3. The maximum absolute atomic E-state index is 13.6. The minimum absolute atomic E-state index is 0.193. The van der Waals surface area contributed by atoms with E-state index in [2.05, 4.69) is 21.2 Å². The van der Waals surface area contributed by atoms with E-state index in [1.54, 1.807) is 0 Å². The van der Waals surface area contributed by atoms with Crippen LogP contribution in [0.1, 0.15) is 36.5 Å². The molecule has 0 aliphatic heterocycles. The van der Waals surface area contributed by atoms with Crippen molar-refractivity contribution in [3.8, 4) is 11.8 Å². The molecule has 0 unspecified atom stereocenters. The van der Waals surface area contributed by atoms with E-state index < -0.39 is 5.82 Å². The van der Waals surface area contributed by atoms with Crippen molar-refractivity contribution < 1.29 is 9.13 Å². The van der Waals surface area contributed by atoms with Gasteiger partial charge in [-0.25, -0.2) is 4.39 Å². The minimum atomic E-state index is -0.467. The molecule has 0 bridgehead atoms. The SMILES string of the molecule is N#Cc1cc(F)c(Br)cc1O[C@H](CCNC1CC1)c1ccccc1. The Kier molecular flexibility index (Phi) is 5.49. The Morgan fingerprint density at radius 1 is 1.29 bits per heavy atom. The van der Waals surface area contributed by atoms with Crippen molar-refractivity contribution in [3.05, 3.63) is 63.9 Å². The van der Waals surface area contributed by atoms with E-state index >= 15 is 0 Å². The van der Waals surface area contributed by atoms with Gasteiger partial charge in [-0.1, -0.05) is 30.3 Å². The first-order valence-corrected chi connectivity index (χ1v) is 8.81. The predicted octanol–water partition coefficient (Wildman–Crippen LogP) is 4.72. The lowest BCUT2D eigenvalue weighted by atomic mass is 10.1. The maximum atomic E-state index is 13.6. The second kappa shape index (κ2) is 7.78. The van der Waals surface area contributed by atoms with Gasteiger partial charge >= 0.3 is 0 Å². The molecule has 0 heterocycles. The van der Waals surface area contributed by atoms with Crippen molar-refractivity contribution in [1.82, 2.24) is 5.32 Å². The summed E-state index contributed by atoms with van der Waals surface area (Å²) in [7, 11) is 0. The van der Waals surface area contributed by atoms with Gasteiger partial charge in [0.1, 0.15) is 23.7 Å². The molecular weight excluding hydrogens is 371 g/mol. The third-order valence-corrected chi connectivity index (χ3v) is 4.61. The standard InChI is InChI=1S/C19H18BrFN2O/c20-16-11-19(14(12-22)10-17(16)21)24-18(8-9-23-15-6-7-15)13-4-2-1-3-5-13/h1-5,10-11,15,18,23H,6-9H2/t18-/m1/s1. The average Bonchev–Trinajstić information content (AvgIpc) is 3.42. The molecule has 124 valence electrons. The van der Waals surface area contributed by atoms with Crippen molar-refractivity contribution in [2.24, 2.45) is 0 Å². The van der Waals surface area contributed by atoms with E-state index in [1.807, 2.05) is 36.4 Å². The van der Waals surface area contributed by atoms with Crippen LogP contribution in [0.4, 0.5) is 4.39 Å². The molecule has 0 aromatic heterocycles. The number of nitriles is 1. The molecule has 1 saturated carbocycles. The van der Waals surface area contributed by atoms with Crippen LogP contribution in [0.15, 0.2) is 46.9 Å². The highest BCUT2D eigenvalue weighted by molar-refractivity contribution is 9.10. The van der Waals surface area contributed by atoms with Crippen LogP contribution < -0.4 is 10.1 Å². The normalized spacial score (nSPS) is 14.9. The van der Waals surface area contributed by atoms with E-state index in [0.29, 0.717) is 16.3 Å². The molecule has 0 amide bonds. The fourth-order valence-electron chi connectivity index (χ4n) is 2.53. The summed E-state index contributed by atoms with van der Waals surface area (Å²) in [4.78, 5) is 0. The molecule has 0 saturated heterocycles. The molecule has 0 spiro atoms. The van der Waals surface area contributed by atoms with Gasteiger partial charge in [-0.3, -0.25) is 0 Å². The molecule has 5 heteroatoms. The molecule has 2 aromatic rings. The number of rotatable bonds is 7. The second-order valence-corrected chi connectivity index (χ2v) is 6.76. The summed E-state index contributed by atoms with van der Waals surface area (Å²) in [6, 6.07) is 15.3. The van der Waals surface area contributed by atoms with Crippen molar-refractivity contribution in [2.75, 3.05) is 6.54 Å². The fraction of sp³-hybridized carbons (Fsp3) is 0.316. The Morgan fingerprint density at radius 3 is 2.71 bits per heavy atom. The van der Waals surface area contributed by atoms with Crippen LogP contribution in [0.5, 0.6) is 5.75 Å². The Hall–Kier alpha value is -1.90. The molecule has 2 aromatic carbocycles. The van der Waals surface area contributed by atoms with Crippen LogP contribution in [0, 0.1) is 17.1 Å². The molecule has 3 rings (SSSR count). The summed E-state index contributed by atoms with van der Waals surface area (Å²) in [5.74, 6) is -0.0726. The first kappa shape index (κ1) is 16.9. The second-order valence-electron chi connectivity index (χ2n) is 5.91. The predicted molar refractivity (Wildman–Crippen MR) is 94.3 cm³/mol. The Labute approximate surface area is 149 Å². The minimum Gasteiger partial charge on any atom is -0.484 e. The summed E-state index contributed by atoms with van der Waals surface area (Å²) in [5.41, 5.74) is 1.24. The summed E-state index contributed by atoms with van der Waals surface area (Å²) in [6.07, 6.45) is 3.06. The summed E-state index contributed by atoms with van der Waals surface area (Å²) < 4.78 is 20.0. The number of halogens is 2. The maximum Gasteiger partial charge on any atom is 0.139 e. The van der Waals surface area contributed by atoms with Crippen LogP contribution in [0.3, 0.4) is 0 Å². The van der Waals surface area contributed by atoms with Crippen molar-refractivity contribution in [1.29, 1.82) is 5.26 Å². The van der Waals surface area contributed by atoms with Gasteiger partial charge in [0.2, 0.25) is 0 Å². The van der Waals surface area contributed by atoms with Crippen LogP contribution in [-0.2, 0) is 0 Å². The highest BCUT2D eigenvalue weighted by Crippen LogP contribution is 2.31. The Balaban J connectivity index is 1.80. The molecule has 1 atom stereocenters. The van der Waals surface area contributed by atoms with Gasteiger partial charge in [-0.2, -0.15) is 5.26 Å². The quantitative estimate of drug-likeness (QED) is 0.745. The van der Waals surface area contributed by atoms with Gasteiger partial charge in [0, 0.05) is 12.5 Å². The Bertz CT molecular complexity index is 741. The van der Waals surface area contributed by atoms with Crippen molar-refractivity contribution in [3.63, 3.8) is 0 Å². The van der Waals surface area contributed by atoms with Crippen LogP contribution >= 0.6 is 15.9 Å². The summed E-state index contributed by atoms with van der Waals surface area (Å²) in [6.45, 7) is 0.842. The van der Waals surface area contributed by atoms with E-state index in [1.165, 1.54) is 25.0 Å². The molecular formula is C19H18BrFN2O. The number of benzene rings is 2. The fourth-order valence-corrected chi connectivity index (χ4v) is 2.86. The summed E-state index contributed by atoms with van der Waals surface area (Å²) >= 11 is 3.16. The third-order valence-electron chi connectivity index (χ3n) is 4.00. The number of nitrogens with zero attached hydrogens (tertiary/aromatic N) is 1. The van der Waals surface area contributed by atoms with E-state index in [0.717, 1.165) is 18.5 Å². The van der Waals surface area contributed by atoms with Gasteiger partial charge in [0.25, 0.3) is 0 Å². The molecule has 1 fully saturated rings. The highest BCUT2D eigenvalue weighted by atomic mass is 79.9. The number of ether oxygens (including phenoxy) is 1. The van der Waals surface area contributed by atoms with Crippen molar-refractivity contribution in [2.45, 2.75) is 31.4 Å². The Morgan fingerprint density at radius 2 is 2.04 bits per heavy atom. The number of nitrogens with one attached hydrogen (secondary N) is 1. The van der Waals surface area contributed by atoms with Crippen molar-refractivity contribution >= 4 is 15.9 Å². The monoisotopic (exact) mass is 388 g/mol. The summed E-state index contributed by atoms with van der Waals surface area (Å²) in [5, 5.41) is 12.7. The topological polar surface area (TPSA) is 45.0 Å². The molecule has 0 radical (unpaired) electrons. The smallest absolute Gasteiger partial charge is 0.139 e. The van der Waals surface area contributed by atoms with Gasteiger partial charge < -0.3 is 10.1 Å². The molecule has 1 aliphatic rings. The third kappa shape index (κ3) is 4.34. The van der Waals surface area contributed by atoms with Gasteiger partial charge in [0.05, 0.1) is 10.0 Å². The number of hydrogen-bond donors (Lipinski definition) is 1. The van der Waals surface area contributed by atoms with E-state index in [-0.39, 0.29) is 11.7 Å².